The van der Waals surface area contributed by atoms with E-state index in [9.17, 15) is 5.11 Å². The molecular weight excluding hydrogens is 465 g/mol. The molecule has 0 amide bonds. The number of hydrogen-bond donors (Lipinski definition) is 3. The van der Waals surface area contributed by atoms with Crippen molar-refractivity contribution in [1.29, 1.82) is 0 Å². The average Bonchev–Trinajstić information content (AvgIpc) is 2.71. The fourth-order valence-electron chi connectivity index (χ4n) is 3.31. The number of para-hydroxylation sites is 1. The van der Waals surface area contributed by atoms with E-state index >= 15 is 0 Å². The van der Waals surface area contributed by atoms with E-state index in [1.807, 2.05) is 49.4 Å². The van der Waals surface area contributed by atoms with Gasteiger partial charge in [-0.2, -0.15) is 0 Å². The van der Waals surface area contributed by atoms with Crippen LogP contribution in [0.5, 0.6) is 5.75 Å². The molecule has 2 atom stereocenters. The Hall–Kier alpha value is -1.80. The number of aliphatic imine (C=N–C) groups is 1. The molecule has 1 aliphatic heterocycles. The van der Waals surface area contributed by atoms with Crippen LogP contribution >= 0.6 is 24.0 Å². The zero-order valence-corrected chi connectivity index (χ0v) is 18.9. The van der Waals surface area contributed by atoms with E-state index in [-0.39, 0.29) is 30.5 Å². The third-order valence-electron chi connectivity index (χ3n) is 4.88. The lowest BCUT2D eigenvalue weighted by molar-refractivity contribution is 0.0672. The van der Waals surface area contributed by atoms with Crippen LogP contribution in [0.3, 0.4) is 0 Å². The normalized spacial score (nSPS) is 18.1. The number of rotatable bonds is 6. The summed E-state index contributed by atoms with van der Waals surface area (Å²) < 4.78 is 5.74. The number of nitrogens with zero attached hydrogens (tertiary/aromatic N) is 1. The highest BCUT2D eigenvalue weighted by atomic mass is 127. The van der Waals surface area contributed by atoms with Crippen molar-refractivity contribution in [3.8, 4) is 5.75 Å². The Bertz CT molecular complexity index is 765. The minimum absolute atomic E-state index is 0. The number of ether oxygens (including phenoxy) is 1. The van der Waals surface area contributed by atoms with Gasteiger partial charge in [0.1, 0.15) is 11.4 Å². The lowest BCUT2D eigenvalue weighted by atomic mass is 9.93. The first kappa shape index (κ1) is 22.5. The Morgan fingerprint density at radius 1 is 1.14 bits per heavy atom. The van der Waals surface area contributed by atoms with Crippen LogP contribution in [0, 0.1) is 0 Å². The van der Waals surface area contributed by atoms with Gasteiger partial charge in [0.2, 0.25) is 0 Å². The van der Waals surface area contributed by atoms with Crippen molar-refractivity contribution in [1.82, 2.24) is 10.6 Å². The summed E-state index contributed by atoms with van der Waals surface area (Å²) in [6, 6.07) is 17.9. The van der Waals surface area contributed by atoms with Crippen LogP contribution in [0.2, 0.25) is 0 Å². The van der Waals surface area contributed by atoms with E-state index in [0.717, 1.165) is 43.4 Å². The Balaban J connectivity index is 0.00000280. The molecule has 1 aliphatic rings. The van der Waals surface area contributed by atoms with Crippen LogP contribution < -0.4 is 15.4 Å². The number of aliphatic hydroxyl groups is 1. The largest absolute Gasteiger partial charge is 0.493 e. The molecular formula is C22H30IN3O2. The molecule has 0 aromatic heterocycles. The Labute approximate surface area is 184 Å². The van der Waals surface area contributed by atoms with Crippen molar-refractivity contribution >= 4 is 29.9 Å². The van der Waals surface area contributed by atoms with E-state index < -0.39 is 5.60 Å². The second kappa shape index (κ2) is 10.7. The number of halogens is 1. The average molecular weight is 495 g/mol. The number of benzene rings is 2. The Morgan fingerprint density at radius 3 is 2.61 bits per heavy atom. The molecule has 1 heterocycles. The van der Waals surface area contributed by atoms with Crippen molar-refractivity contribution in [3.05, 3.63) is 65.7 Å². The summed E-state index contributed by atoms with van der Waals surface area (Å²) in [5.74, 6) is 2.08. The van der Waals surface area contributed by atoms with Crippen LogP contribution in [0.15, 0.2) is 59.6 Å². The second-order valence-electron chi connectivity index (χ2n) is 7.09. The molecule has 5 nitrogen and oxygen atoms in total. The molecule has 28 heavy (non-hydrogen) atoms. The van der Waals surface area contributed by atoms with Gasteiger partial charge in [-0.1, -0.05) is 48.5 Å². The van der Waals surface area contributed by atoms with Gasteiger partial charge in [0.15, 0.2) is 5.96 Å². The molecule has 0 spiro atoms. The molecule has 0 bridgehead atoms. The summed E-state index contributed by atoms with van der Waals surface area (Å²) in [5.41, 5.74) is 1.10. The third-order valence-corrected chi connectivity index (χ3v) is 4.88. The first-order valence-electron chi connectivity index (χ1n) is 9.62. The SMILES string of the molecule is CCNC(=NCC(C)(O)c1ccccc1)NCC1CCOc2ccccc21.I. The van der Waals surface area contributed by atoms with Gasteiger partial charge in [0.05, 0.1) is 13.2 Å². The quantitative estimate of drug-likeness (QED) is 0.326. The molecule has 0 fully saturated rings. The molecule has 0 aliphatic carbocycles. The van der Waals surface area contributed by atoms with Gasteiger partial charge < -0.3 is 20.5 Å². The highest BCUT2D eigenvalue weighted by Crippen LogP contribution is 2.32. The molecule has 6 heteroatoms. The van der Waals surface area contributed by atoms with Crippen LogP contribution in [0.4, 0.5) is 0 Å². The summed E-state index contributed by atoms with van der Waals surface area (Å²) >= 11 is 0. The maximum atomic E-state index is 10.8. The molecule has 3 N–H and O–H groups in total. The standard InChI is InChI=1S/C22H29N3O2.HI/c1-3-23-21(25-16-22(2,26)18-9-5-4-6-10-18)24-15-17-13-14-27-20-12-8-7-11-19(17)20;/h4-12,17,26H,3,13-16H2,1-2H3,(H2,23,24,25);1H. The summed E-state index contributed by atoms with van der Waals surface area (Å²) in [5, 5.41) is 17.5. The highest BCUT2D eigenvalue weighted by Gasteiger charge is 2.23. The number of guanidine groups is 1. The number of fused-ring (bicyclic) bond motifs is 1. The molecule has 0 radical (unpaired) electrons. The molecule has 3 rings (SSSR count). The molecule has 0 saturated heterocycles. The van der Waals surface area contributed by atoms with Gasteiger partial charge >= 0.3 is 0 Å². The first-order chi connectivity index (χ1) is 13.1. The molecule has 2 aromatic rings. The van der Waals surface area contributed by atoms with Crippen LogP contribution in [0.25, 0.3) is 0 Å². The second-order valence-corrected chi connectivity index (χ2v) is 7.09. The van der Waals surface area contributed by atoms with Gasteiger partial charge in [0, 0.05) is 19.0 Å². The zero-order valence-electron chi connectivity index (χ0n) is 16.5. The minimum atomic E-state index is -1.01. The maximum absolute atomic E-state index is 10.8. The molecule has 2 aromatic carbocycles. The highest BCUT2D eigenvalue weighted by molar-refractivity contribution is 14.0. The molecule has 152 valence electrons. The van der Waals surface area contributed by atoms with Crippen LogP contribution in [-0.4, -0.2) is 37.3 Å². The predicted molar refractivity (Wildman–Crippen MR) is 125 cm³/mol. The van der Waals surface area contributed by atoms with Gasteiger partial charge in [-0.25, -0.2) is 4.99 Å². The van der Waals surface area contributed by atoms with E-state index in [1.54, 1.807) is 6.92 Å². The topological polar surface area (TPSA) is 65.9 Å². The fraction of sp³-hybridized carbons (Fsp3) is 0.409. The summed E-state index contributed by atoms with van der Waals surface area (Å²) in [6.07, 6.45) is 0.977. The first-order valence-corrected chi connectivity index (χ1v) is 9.62. The van der Waals surface area contributed by atoms with Gasteiger partial charge in [-0.15, -0.1) is 24.0 Å². The van der Waals surface area contributed by atoms with Crippen molar-refractivity contribution in [3.63, 3.8) is 0 Å². The zero-order chi connectivity index (χ0) is 19.1. The monoisotopic (exact) mass is 495 g/mol. The number of nitrogens with one attached hydrogen (secondary N) is 2. The predicted octanol–water partition coefficient (Wildman–Crippen LogP) is 3.63. The lowest BCUT2D eigenvalue weighted by Gasteiger charge is -2.27. The molecule has 2 unspecified atom stereocenters. The van der Waals surface area contributed by atoms with Gasteiger partial charge in [-0.05, 0) is 37.5 Å². The minimum Gasteiger partial charge on any atom is -0.493 e. The third kappa shape index (κ3) is 5.85. The summed E-state index contributed by atoms with van der Waals surface area (Å²) in [4.78, 5) is 4.62. The summed E-state index contributed by atoms with van der Waals surface area (Å²) in [6.45, 7) is 6.40. The summed E-state index contributed by atoms with van der Waals surface area (Å²) in [7, 11) is 0. The van der Waals surface area contributed by atoms with E-state index in [4.69, 9.17) is 4.74 Å². The molecule has 0 saturated carbocycles. The Kier molecular flexibility index (Phi) is 8.57. The number of hydrogen-bond acceptors (Lipinski definition) is 3. The van der Waals surface area contributed by atoms with Crippen molar-refractivity contribution in [2.75, 3.05) is 26.2 Å². The van der Waals surface area contributed by atoms with Crippen LogP contribution in [0.1, 0.15) is 37.3 Å². The van der Waals surface area contributed by atoms with Gasteiger partial charge in [-0.3, -0.25) is 0 Å². The van der Waals surface area contributed by atoms with Crippen molar-refractivity contribution < 1.29 is 9.84 Å². The van der Waals surface area contributed by atoms with Gasteiger partial charge in [0.25, 0.3) is 0 Å². The van der Waals surface area contributed by atoms with Crippen molar-refractivity contribution in [2.45, 2.75) is 31.8 Å². The smallest absolute Gasteiger partial charge is 0.191 e. The van der Waals surface area contributed by atoms with E-state index in [0.29, 0.717) is 5.92 Å². The van der Waals surface area contributed by atoms with E-state index in [1.165, 1.54) is 5.56 Å². The Morgan fingerprint density at radius 2 is 1.86 bits per heavy atom. The van der Waals surface area contributed by atoms with E-state index in [2.05, 4.69) is 27.8 Å². The maximum Gasteiger partial charge on any atom is 0.191 e. The van der Waals surface area contributed by atoms with Crippen LogP contribution in [-0.2, 0) is 5.60 Å². The van der Waals surface area contributed by atoms with Crippen molar-refractivity contribution in [2.24, 2.45) is 4.99 Å². The fourth-order valence-corrected chi connectivity index (χ4v) is 3.31. The lowest BCUT2D eigenvalue weighted by Crippen LogP contribution is -2.41.